The van der Waals surface area contributed by atoms with Crippen LogP contribution < -0.4 is 10.6 Å². The molecule has 4 heterocycles. The smallest absolute Gasteiger partial charge is 0.396 e. The molecule has 200 valence electrons. The summed E-state index contributed by atoms with van der Waals surface area (Å²) in [5.41, 5.74) is -2.34. The fraction of sp³-hybridized carbons (Fsp3) is 0.304. The van der Waals surface area contributed by atoms with E-state index in [1.54, 1.807) is 0 Å². The molecule has 3 N–H and O–H groups in total. The molecule has 0 aliphatic rings. The number of hydrogen-bond donors (Lipinski definition) is 3. The highest BCUT2D eigenvalue weighted by molar-refractivity contribution is 5.87. The molecular formula is C23H20F6N8O. The quantitative estimate of drug-likeness (QED) is 0.194. The first-order valence-electron chi connectivity index (χ1n) is 11.3. The van der Waals surface area contributed by atoms with E-state index in [1.165, 1.54) is 12.3 Å². The van der Waals surface area contributed by atoms with E-state index in [-0.39, 0.29) is 40.8 Å². The maximum atomic E-state index is 13.9. The van der Waals surface area contributed by atoms with E-state index in [9.17, 15) is 26.3 Å². The van der Waals surface area contributed by atoms with Gasteiger partial charge in [-0.2, -0.15) is 26.3 Å². The summed E-state index contributed by atoms with van der Waals surface area (Å²) in [5.74, 6) is 0.0218. The zero-order valence-electron chi connectivity index (χ0n) is 19.5. The lowest BCUT2D eigenvalue weighted by Crippen LogP contribution is -2.13. The minimum Gasteiger partial charge on any atom is -0.396 e. The minimum atomic E-state index is -4.76. The average molecular weight is 538 g/mol. The van der Waals surface area contributed by atoms with Gasteiger partial charge in [-0.15, -0.1) is 10.2 Å². The summed E-state index contributed by atoms with van der Waals surface area (Å²) in [6.07, 6.45) is -4.32. The third-order valence-electron chi connectivity index (χ3n) is 5.28. The van der Waals surface area contributed by atoms with Gasteiger partial charge in [-0.3, -0.25) is 0 Å². The van der Waals surface area contributed by atoms with Gasteiger partial charge >= 0.3 is 12.4 Å². The van der Waals surface area contributed by atoms with Crippen LogP contribution in [0.5, 0.6) is 0 Å². The number of anilines is 3. The first-order chi connectivity index (χ1) is 18.1. The number of aromatic nitrogens is 6. The van der Waals surface area contributed by atoms with Crippen molar-refractivity contribution in [3.63, 3.8) is 0 Å². The first kappa shape index (κ1) is 26.9. The van der Waals surface area contributed by atoms with Crippen LogP contribution in [0.3, 0.4) is 0 Å². The molecule has 0 radical (unpaired) electrons. The molecule has 4 aromatic heterocycles. The monoisotopic (exact) mass is 538 g/mol. The number of aliphatic hydroxyl groups excluding tert-OH is 1. The predicted octanol–water partition coefficient (Wildman–Crippen LogP) is 5.23. The molecule has 0 aliphatic heterocycles. The van der Waals surface area contributed by atoms with Crippen LogP contribution in [-0.2, 0) is 12.4 Å². The van der Waals surface area contributed by atoms with Gasteiger partial charge in [0, 0.05) is 25.5 Å². The Hall–Kier alpha value is -4.14. The van der Waals surface area contributed by atoms with Gasteiger partial charge in [0.15, 0.2) is 5.65 Å². The van der Waals surface area contributed by atoms with Gasteiger partial charge in [-0.05, 0) is 43.5 Å². The van der Waals surface area contributed by atoms with Gasteiger partial charge in [0.2, 0.25) is 0 Å². The SMILES string of the molecule is OCCCCCNc1cc(C(F)(F)F)c(-c2cnc3c(Nc4ccc(C(F)(F)F)cn4)ccnc3n2)nn1. The van der Waals surface area contributed by atoms with Crippen LogP contribution in [0, 0.1) is 0 Å². The van der Waals surface area contributed by atoms with Crippen molar-refractivity contribution >= 4 is 28.5 Å². The molecule has 0 fully saturated rings. The number of nitrogens with zero attached hydrogens (tertiary/aromatic N) is 6. The molecule has 0 amide bonds. The van der Waals surface area contributed by atoms with Crippen molar-refractivity contribution in [3.05, 3.63) is 54.0 Å². The van der Waals surface area contributed by atoms with Crippen LogP contribution in [-0.4, -0.2) is 48.4 Å². The summed E-state index contributed by atoms with van der Waals surface area (Å²) in [6, 6.07) is 4.29. The molecule has 0 unspecified atom stereocenters. The lowest BCUT2D eigenvalue weighted by molar-refractivity contribution is -0.138. The standard InChI is InChI=1S/C23H20F6N8O/c24-22(25,26)13-4-5-17(32-11-13)34-15-6-8-31-21-20(15)33-12-16(35-21)19-14(23(27,28)29)10-18(36-37-19)30-7-2-1-3-9-38/h4-6,8,10-12,38H,1-3,7,9H2,(H,30,36)(H,31,32,34,35). The molecule has 38 heavy (non-hydrogen) atoms. The fourth-order valence-electron chi connectivity index (χ4n) is 3.42. The Bertz CT molecular complexity index is 1400. The minimum absolute atomic E-state index is 0.0274. The van der Waals surface area contributed by atoms with Crippen molar-refractivity contribution in [2.75, 3.05) is 23.8 Å². The van der Waals surface area contributed by atoms with Crippen LogP contribution in [0.2, 0.25) is 0 Å². The number of halogens is 6. The van der Waals surface area contributed by atoms with E-state index in [0.29, 0.717) is 32.0 Å². The highest BCUT2D eigenvalue weighted by Gasteiger charge is 2.36. The van der Waals surface area contributed by atoms with Gasteiger partial charge in [0.25, 0.3) is 0 Å². The predicted molar refractivity (Wildman–Crippen MR) is 125 cm³/mol. The third kappa shape index (κ3) is 6.40. The van der Waals surface area contributed by atoms with Crippen LogP contribution in [0.15, 0.2) is 42.9 Å². The van der Waals surface area contributed by atoms with Gasteiger partial charge in [0.1, 0.15) is 28.5 Å². The van der Waals surface area contributed by atoms with Crippen molar-refractivity contribution in [2.24, 2.45) is 0 Å². The number of fused-ring (bicyclic) bond motifs is 1. The second kappa shape index (κ2) is 11.1. The summed E-state index contributed by atoms with van der Waals surface area (Å²) in [7, 11) is 0. The van der Waals surface area contributed by atoms with Gasteiger partial charge < -0.3 is 15.7 Å². The maximum Gasteiger partial charge on any atom is 0.418 e. The lowest BCUT2D eigenvalue weighted by atomic mass is 10.1. The molecule has 0 aromatic carbocycles. The summed E-state index contributed by atoms with van der Waals surface area (Å²) in [5, 5.41) is 22.0. The Labute approximate surface area is 211 Å². The highest BCUT2D eigenvalue weighted by atomic mass is 19.4. The molecule has 0 aliphatic carbocycles. The maximum absolute atomic E-state index is 13.9. The Kier molecular flexibility index (Phi) is 7.85. The fourth-order valence-corrected chi connectivity index (χ4v) is 3.42. The molecule has 0 atom stereocenters. The molecule has 0 saturated carbocycles. The molecule has 4 rings (SSSR count). The third-order valence-corrected chi connectivity index (χ3v) is 5.28. The van der Waals surface area contributed by atoms with Crippen molar-refractivity contribution < 1.29 is 31.4 Å². The summed E-state index contributed by atoms with van der Waals surface area (Å²) in [4.78, 5) is 16.1. The van der Waals surface area contributed by atoms with Gasteiger partial charge in [-0.1, -0.05) is 0 Å². The van der Waals surface area contributed by atoms with E-state index < -0.39 is 29.2 Å². The molecule has 4 aromatic rings. The van der Waals surface area contributed by atoms with Crippen molar-refractivity contribution in [1.82, 2.24) is 30.1 Å². The second-order valence-corrected chi connectivity index (χ2v) is 8.04. The second-order valence-electron chi connectivity index (χ2n) is 8.04. The molecule has 0 saturated heterocycles. The average Bonchev–Trinajstić information content (AvgIpc) is 2.88. The number of rotatable bonds is 9. The van der Waals surface area contributed by atoms with E-state index >= 15 is 0 Å². The summed E-state index contributed by atoms with van der Waals surface area (Å²) >= 11 is 0. The van der Waals surface area contributed by atoms with Crippen molar-refractivity contribution in [3.8, 4) is 11.4 Å². The molecule has 0 bridgehead atoms. The number of alkyl halides is 6. The molecule has 9 nitrogen and oxygen atoms in total. The number of unbranched alkanes of at least 4 members (excludes halogenated alkanes) is 2. The van der Waals surface area contributed by atoms with Crippen LogP contribution in [0.1, 0.15) is 30.4 Å². The van der Waals surface area contributed by atoms with E-state index in [4.69, 9.17) is 5.11 Å². The van der Waals surface area contributed by atoms with Gasteiger partial charge in [-0.25, -0.2) is 19.9 Å². The Morgan fingerprint density at radius 2 is 1.63 bits per heavy atom. The Balaban J connectivity index is 1.61. The molecule has 15 heteroatoms. The number of hydrogen-bond acceptors (Lipinski definition) is 9. The number of nitrogens with one attached hydrogen (secondary N) is 2. The zero-order valence-corrected chi connectivity index (χ0v) is 19.5. The summed E-state index contributed by atoms with van der Waals surface area (Å²) in [6.45, 7) is 0.395. The van der Waals surface area contributed by atoms with Crippen molar-refractivity contribution in [1.29, 1.82) is 0 Å². The van der Waals surface area contributed by atoms with E-state index in [1.807, 2.05) is 0 Å². The van der Waals surface area contributed by atoms with Crippen molar-refractivity contribution in [2.45, 2.75) is 31.6 Å². The first-order valence-corrected chi connectivity index (χ1v) is 11.3. The van der Waals surface area contributed by atoms with E-state index in [0.717, 1.165) is 24.4 Å². The number of pyridine rings is 2. The van der Waals surface area contributed by atoms with Crippen LogP contribution in [0.25, 0.3) is 22.6 Å². The topological polar surface area (TPSA) is 122 Å². The van der Waals surface area contributed by atoms with Gasteiger partial charge in [0.05, 0.1) is 23.0 Å². The summed E-state index contributed by atoms with van der Waals surface area (Å²) < 4.78 is 79.9. The molecule has 0 spiro atoms. The Morgan fingerprint density at radius 3 is 2.32 bits per heavy atom. The van der Waals surface area contributed by atoms with E-state index in [2.05, 4.69) is 40.8 Å². The largest absolute Gasteiger partial charge is 0.418 e. The van der Waals surface area contributed by atoms with Crippen LogP contribution >= 0.6 is 0 Å². The zero-order chi connectivity index (χ0) is 27.3. The lowest BCUT2D eigenvalue weighted by Gasteiger charge is -2.14. The van der Waals surface area contributed by atoms with Crippen LogP contribution in [0.4, 0.5) is 43.7 Å². The highest BCUT2D eigenvalue weighted by Crippen LogP contribution is 2.36. The normalized spacial score (nSPS) is 12.1. The Morgan fingerprint density at radius 1 is 0.816 bits per heavy atom. The molecular weight excluding hydrogens is 518 g/mol. The number of aliphatic hydroxyl groups is 1.